The van der Waals surface area contributed by atoms with Crippen molar-refractivity contribution < 1.29 is 9.59 Å². The fraction of sp³-hybridized carbons (Fsp3) is 0.312. The van der Waals surface area contributed by atoms with Crippen LogP contribution in [0, 0.1) is 0 Å². The summed E-state index contributed by atoms with van der Waals surface area (Å²) in [5.41, 5.74) is 6.20. The quantitative estimate of drug-likeness (QED) is 0.723. The summed E-state index contributed by atoms with van der Waals surface area (Å²) >= 11 is 1.60. The van der Waals surface area contributed by atoms with Gasteiger partial charge < -0.3 is 15.5 Å². The van der Waals surface area contributed by atoms with Crippen molar-refractivity contribution in [2.45, 2.75) is 6.42 Å². The molecule has 9 nitrogen and oxygen atoms in total. The van der Waals surface area contributed by atoms with Crippen LogP contribution in [0.25, 0.3) is 5.65 Å². The Bertz CT molecular complexity index is 953. The second-order valence-electron chi connectivity index (χ2n) is 5.94. The van der Waals surface area contributed by atoms with Gasteiger partial charge in [-0.3, -0.25) is 9.59 Å². The lowest BCUT2D eigenvalue weighted by Crippen LogP contribution is -2.36. The van der Waals surface area contributed by atoms with Crippen molar-refractivity contribution in [3.63, 3.8) is 0 Å². The number of carbonyl (C=O) groups excluding carboxylic acids is 2. The van der Waals surface area contributed by atoms with Gasteiger partial charge in [0.1, 0.15) is 11.3 Å². The minimum absolute atomic E-state index is 0.141. The molecule has 0 radical (unpaired) electrons. The minimum atomic E-state index is -0.619. The second-order valence-corrected chi connectivity index (χ2v) is 6.81. The van der Waals surface area contributed by atoms with Gasteiger partial charge in [0.2, 0.25) is 0 Å². The maximum absolute atomic E-state index is 13.0. The summed E-state index contributed by atoms with van der Waals surface area (Å²) in [4.78, 5) is 37.0. The number of hydrogen-bond acceptors (Lipinski definition) is 7. The molecule has 0 aliphatic carbocycles. The van der Waals surface area contributed by atoms with Gasteiger partial charge in [0.25, 0.3) is 11.8 Å². The first-order valence-electron chi connectivity index (χ1n) is 8.21. The van der Waals surface area contributed by atoms with Crippen LogP contribution < -0.4 is 10.6 Å². The zero-order valence-electron chi connectivity index (χ0n) is 13.9. The monoisotopic (exact) mass is 371 g/mol. The fourth-order valence-corrected chi connectivity index (χ4v) is 3.77. The number of primary amides is 1. The molecule has 1 saturated heterocycles. The van der Waals surface area contributed by atoms with E-state index in [2.05, 4.69) is 20.0 Å². The van der Waals surface area contributed by atoms with Crippen LogP contribution in [0.4, 0.5) is 5.13 Å². The molecule has 0 unspecified atom stereocenters. The summed E-state index contributed by atoms with van der Waals surface area (Å²) in [7, 11) is 0. The zero-order chi connectivity index (χ0) is 18.1. The van der Waals surface area contributed by atoms with E-state index in [1.165, 1.54) is 16.9 Å². The summed E-state index contributed by atoms with van der Waals surface area (Å²) in [5.74, 6) is -0.761. The maximum Gasteiger partial charge on any atom is 0.272 e. The average Bonchev–Trinajstić information content (AvgIpc) is 3.26. The third-order valence-corrected chi connectivity index (χ3v) is 5.19. The summed E-state index contributed by atoms with van der Waals surface area (Å²) in [5, 5.41) is 7.05. The highest BCUT2D eigenvalue weighted by molar-refractivity contribution is 7.13. The number of hydrogen-bond donors (Lipinski definition) is 1. The normalized spacial score (nSPS) is 15.2. The Morgan fingerprint density at radius 2 is 2.00 bits per heavy atom. The fourth-order valence-electron chi connectivity index (χ4n) is 3.07. The number of amides is 2. The Balaban J connectivity index is 1.58. The van der Waals surface area contributed by atoms with E-state index < -0.39 is 5.91 Å². The molecule has 1 fully saturated rings. The standard InChI is InChI=1S/C16H17N7O2S/c17-13(24)11-10-20-23-12(2-3-18-14(11)23)15(25)21-5-1-6-22(8-7-21)16-19-4-9-26-16/h2-4,9-10H,1,5-8H2,(H2,17,24). The van der Waals surface area contributed by atoms with Gasteiger partial charge in [-0.2, -0.15) is 5.10 Å². The molecule has 4 rings (SSSR count). The predicted octanol–water partition coefficient (Wildman–Crippen LogP) is 0.637. The highest BCUT2D eigenvalue weighted by Crippen LogP contribution is 2.20. The number of fused-ring (bicyclic) bond motifs is 1. The van der Waals surface area contributed by atoms with Crippen LogP contribution in [0.3, 0.4) is 0 Å². The Kier molecular flexibility index (Phi) is 4.25. The lowest BCUT2D eigenvalue weighted by molar-refractivity contribution is 0.0757. The molecule has 0 spiro atoms. The van der Waals surface area contributed by atoms with Crippen molar-refractivity contribution in [1.29, 1.82) is 0 Å². The van der Waals surface area contributed by atoms with E-state index >= 15 is 0 Å². The van der Waals surface area contributed by atoms with Crippen LogP contribution in [0.2, 0.25) is 0 Å². The van der Waals surface area contributed by atoms with Gasteiger partial charge in [0, 0.05) is 44.0 Å². The van der Waals surface area contributed by atoms with Crippen molar-refractivity contribution in [2.75, 3.05) is 31.1 Å². The molecule has 4 heterocycles. The number of carbonyl (C=O) groups is 2. The molecule has 1 aliphatic heterocycles. The molecule has 26 heavy (non-hydrogen) atoms. The summed E-state index contributed by atoms with van der Waals surface area (Å²) in [6, 6.07) is 1.61. The lowest BCUT2D eigenvalue weighted by atomic mass is 10.3. The number of anilines is 1. The van der Waals surface area contributed by atoms with Gasteiger partial charge >= 0.3 is 0 Å². The second kappa shape index (κ2) is 6.71. The Labute approximate surface area is 153 Å². The van der Waals surface area contributed by atoms with Crippen LogP contribution >= 0.6 is 11.3 Å². The van der Waals surface area contributed by atoms with Gasteiger partial charge in [-0.15, -0.1) is 11.3 Å². The van der Waals surface area contributed by atoms with E-state index in [9.17, 15) is 9.59 Å². The van der Waals surface area contributed by atoms with Gasteiger partial charge in [-0.05, 0) is 12.5 Å². The third kappa shape index (κ3) is 2.88. The largest absolute Gasteiger partial charge is 0.365 e. The molecule has 2 N–H and O–H groups in total. The van der Waals surface area contributed by atoms with Gasteiger partial charge in [-0.25, -0.2) is 14.5 Å². The summed E-state index contributed by atoms with van der Waals surface area (Å²) in [6.07, 6.45) is 5.48. The third-order valence-electron chi connectivity index (χ3n) is 4.36. The van der Waals surface area contributed by atoms with Crippen molar-refractivity contribution in [2.24, 2.45) is 5.73 Å². The van der Waals surface area contributed by atoms with E-state index in [4.69, 9.17) is 5.73 Å². The molecular weight excluding hydrogens is 354 g/mol. The summed E-state index contributed by atoms with van der Waals surface area (Å²) < 4.78 is 1.38. The molecule has 3 aromatic heterocycles. The molecular formula is C16H17N7O2S. The minimum Gasteiger partial charge on any atom is -0.365 e. The first-order valence-corrected chi connectivity index (χ1v) is 9.09. The number of nitrogens with zero attached hydrogens (tertiary/aromatic N) is 6. The van der Waals surface area contributed by atoms with Crippen LogP contribution in [-0.4, -0.2) is 62.5 Å². The van der Waals surface area contributed by atoms with Crippen LogP contribution in [0.15, 0.2) is 30.0 Å². The molecule has 0 atom stereocenters. The van der Waals surface area contributed by atoms with Crippen molar-refractivity contribution in [3.05, 3.63) is 41.3 Å². The topological polar surface area (TPSA) is 110 Å². The van der Waals surface area contributed by atoms with Gasteiger partial charge in [0.05, 0.1) is 6.20 Å². The SMILES string of the molecule is NC(=O)c1cnn2c(C(=O)N3CCCN(c4nccs4)CC3)ccnc12. The van der Waals surface area contributed by atoms with E-state index in [0.29, 0.717) is 24.4 Å². The molecule has 3 aromatic rings. The van der Waals surface area contributed by atoms with Crippen molar-refractivity contribution >= 4 is 33.9 Å². The van der Waals surface area contributed by atoms with Crippen LogP contribution in [-0.2, 0) is 0 Å². The molecule has 134 valence electrons. The maximum atomic E-state index is 13.0. The highest BCUT2D eigenvalue weighted by atomic mass is 32.1. The van der Waals surface area contributed by atoms with Gasteiger partial charge in [-0.1, -0.05) is 0 Å². The number of rotatable bonds is 3. The van der Waals surface area contributed by atoms with E-state index in [-0.39, 0.29) is 11.5 Å². The number of thiazole rings is 1. The first kappa shape index (κ1) is 16.5. The lowest BCUT2D eigenvalue weighted by Gasteiger charge is -2.21. The van der Waals surface area contributed by atoms with Crippen LogP contribution in [0.5, 0.6) is 0 Å². The van der Waals surface area contributed by atoms with Crippen molar-refractivity contribution in [3.8, 4) is 0 Å². The zero-order valence-corrected chi connectivity index (χ0v) is 14.7. The molecule has 2 amide bonds. The van der Waals surface area contributed by atoms with E-state index in [1.54, 1.807) is 28.5 Å². The predicted molar refractivity (Wildman–Crippen MR) is 96.4 cm³/mol. The molecule has 1 aliphatic rings. The van der Waals surface area contributed by atoms with E-state index in [1.807, 2.05) is 5.38 Å². The average molecular weight is 371 g/mol. The molecule has 10 heteroatoms. The molecule has 0 bridgehead atoms. The Morgan fingerprint density at radius 1 is 1.12 bits per heavy atom. The van der Waals surface area contributed by atoms with Crippen LogP contribution in [0.1, 0.15) is 27.3 Å². The van der Waals surface area contributed by atoms with Gasteiger partial charge in [0.15, 0.2) is 10.8 Å². The van der Waals surface area contributed by atoms with E-state index in [0.717, 1.165) is 24.6 Å². The molecule has 0 aromatic carbocycles. The smallest absolute Gasteiger partial charge is 0.272 e. The Morgan fingerprint density at radius 3 is 2.77 bits per heavy atom. The number of aromatic nitrogens is 4. The number of nitrogens with two attached hydrogens (primary N) is 1. The van der Waals surface area contributed by atoms with Crippen molar-refractivity contribution in [1.82, 2.24) is 24.5 Å². The summed E-state index contributed by atoms with van der Waals surface area (Å²) in [6.45, 7) is 2.82. The first-order chi connectivity index (χ1) is 12.6. The Hall–Kier alpha value is -3.01. The highest BCUT2D eigenvalue weighted by Gasteiger charge is 2.24. The molecule has 0 saturated carbocycles.